The molecule has 0 radical (unpaired) electrons. The third-order valence-electron chi connectivity index (χ3n) is 2.98. The number of nitrogens with zero attached hydrogens (tertiary/aromatic N) is 1. The van der Waals surface area contributed by atoms with Gasteiger partial charge in [0.25, 0.3) is 0 Å². The number of benzene rings is 1. The molecule has 0 amide bonds. The summed E-state index contributed by atoms with van der Waals surface area (Å²) in [5, 5.41) is 15.9. The largest absolute Gasteiger partial charge is 0.360 e. The van der Waals surface area contributed by atoms with E-state index in [4.69, 9.17) is 17.5 Å². The van der Waals surface area contributed by atoms with E-state index >= 15 is 0 Å². The van der Waals surface area contributed by atoms with Crippen molar-refractivity contribution >= 4 is 23.0 Å². The van der Waals surface area contributed by atoms with Gasteiger partial charge in [0.1, 0.15) is 6.07 Å². The molecule has 1 fully saturated rings. The third kappa shape index (κ3) is 3.18. The zero-order valence-corrected chi connectivity index (χ0v) is 10.6. The highest BCUT2D eigenvalue weighted by Gasteiger charge is 2.28. The van der Waals surface area contributed by atoms with E-state index in [0.717, 1.165) is 11.6 Å². The van der Waals surface area contributed by atoms with E-state index in [1.165, 1.54) is 12.8 Å². The molecule has 0 saturated heterocycles. The summed E-state index contributed by atoms with van der Waals surface area (Å²) in [6, 6.07) is 9.90. The Kier molecular flexibility index (Phi) is 3.60. The summed E-state index contributed by atoms with van der Waals surface area (Å²) in [4.78, 5) is 0. The molecule has 0 aromatic heterocycles. The summed E-state index contributed by atoms with van der Waals surface area (Å²) < 4.78 is 0. The summed E-state index contributed by atoms with van der Waals surface area (Å²) in [6.07, 6.45) is 2.57. The fourth-order valence-electron chi connectivity index (χ4n) is 1.77. The van der Waals surface area contributed by atoms with Crippen molar-refractivity contribution in [2.45, 2.75) is 25.8 Å². The highest BCUT2D eigenvalue weighted by molar-refractivity contribution is 7.80. The highest BCUT2D eigenvalue weighted by atomic mass is 32.1. The molecule has 0 bridgehead atoms. The molecule has 2 N–H and O–H groups in total. The van der Waals surface area contributed by atoms with Gasteiger partial charge in [-0.25, -0.2) is 0 Å². The first-order valence-corrected chi connectivity index (χ1v) is 6.18. The second-order valence-corrected chi connectivity index (χ2v) is 4.79. The standard InChI is InChI=1S/C13H15N3S/c1-9(10-6-7-10)15-13(17)16-12-5-3-2-4-11(12)8-14/h2-5,9-10H,6-7H2,1H3,(H2,15,16,17)/t9-/m1/s1. The fraction of sp³-hybridized carbons (Fsp3) is 0.385. The first kappa shape index (κ1) is 11.9. The van der Waals surface area contributed by atoms with Crippen LogP contribution in [-0.2, 0) is 0 Å². The van der Waals surface area contributed by atoms with Gasteiger partial charge in [-0.2, -0.15) is 5.26 Å². The highest BCUT2D eigenvalue weighted by Crippen LogP contribution is 2.32. The molecule has 1 aromatic carbocycles. The summed E-state index contributed by atoms with van der Waals surface area (Å²) >= 11 is 5.24. The summed E-state index contributed by atoms with van der Waals surface area (Å²) in [6.45, 7) is 2.14. The number of thiocarbonyl (C=S) groups is 1. The van der Waals surface area contributed by atoms with Gasteiger partial charge in [-0.3, -0.25) is 0 Å². The van der Waals surface area contributed by atoms with E-state index in [1.54, 1.807) is 6.07 Å². The van der Waals surface area contributed by atoms with Crippen LogP contribution in [0.25, 0.3) is 0 Å². The SMILES string of the molecule is C[C@@H](NC(=S)Nc1ccccc1C#N)C1CC1. The van der Waals surface area contributed by atoms with Gasteiger partial charge in [0.2, 0.25) is 0 Å². The minimum absolute atomic E-state index is 0.407. The first-order chi connectivity index (χ1) is 8.20. The maximum absolute atomic E-state index is 8.96. The topological polar surface area (TPSA) is 47.8 Å². The Morgan fingerprint density at radius 3 is 2.82 bits per heavy atom. The van der Waals surface area contributed by atoms with Crippen molar-refractivity contribution in [2.24, 2.45) is 5.92 Å². The Labute approximate surface area is 107 Å². The molecule has 0 unspecified atom stereocenters. The molecule has 4 heteroatoms. The number of hydrogen-bond donors (Lipinski definition) is 2. The molecule has 88 valence electrons. The number of hydrogen-bond acceptors (Lipinski definition) is 2. The third-order valence-corrected chi connectivity index (χ3v) is 3.20. The van der Waals surface area contributed by atoms with Crippen LogP contribution in [0.15, 0.2) is 24.3 Å². The minimum atomic E-state index is 0.407. The van der Waals surface area contributed by atoms with Crippen molar-refractivity contribution in [3.05, 3.63) is 29.8 Å². The van der Waals surface area contributed by atoms with E-state index in [0.29, 0.717) is 16.7 Å². The molecule has 2 rings (SSSR count). The molecule has 3 nitrogen and oxygen atoms in total. The molecule has 0 heterocycles. The van der Waals surface area contributed by atoms with Gasteiger partial charge >= 0.3 is 0 Å². The van der Waals surface area contributed by atoms with Gasteiger partial charge in [-0.05, 0) is 50.0 Å². The van der Waals surface area contributed by atoms with Gasteiger partial charge < -0.3 is 10.6 Å². The zero-order chi connectivity index (χ0) is 12.3. The van der Waals surface area contributed by atoms with Crippen molar-refractivity contribution in [1.29, 1.82) is 5.26 Å². The number of anilines is 1. The molecule has 17 heavy (non-hydrogen) atoms. The van der Waals surface area contributed by atoms with Crippen LogP contribution in [0.5, 0.6) is 0 Å². The van der Waals surface area contributed by atoms with Gasteiger partial charge in [0.15, 0.2) is 5.11 Å². The van der Waals surface area contributed by atoms with E-state index in [-0.39, 0.29) is 0 Å². The number of rotatable bonds is 3. The van der Waals surface area contributed by atoms with Crippen LogP contribution in [0, 0.1) is 17.2 Å². The zero-order valence-electron chi connectivity index (χ0n) is 9.73. The van der Waals surface area contributed by atoms with Gasteiger partial charge in [0.05, 0.1) is 11.3 Å². The molecule has 1 aliphatic rings. The number of nitriles is 1. The van der Waals surface area contributed by atoms with Crippen molar-refractivity contribution in [2.75, 3.05) is 5.32 Å². The van der Waals surface area contributed by atoms with E-state index in [1.807, 2.05) is 18.2 Å². The van der Waals surface area contributed by atoms with Crippen molar-refractivity contribution in [3.63, 3.8) is 0 Å². The Morgan fingerprint density at radius 1 is 1.47 bits per heavy atom. The molecule has 1 aromatic rings. The predicted octanol–water partition coefficient (Wildman–Crippen LogP) is 2.64. The molecule has 1 atom stereocenters. The molecule has 1 aliphatic carbocycles. The molecule has 0 spiro atoms. The van der Waals surface area contributed by atoms with Gasteiger partial charge in [-0.15, -0.1) is 0 Å². The lowest BCUT2D eigenvalue weighted by molar-refractivity contribution is 0.590. The predicted molar refractivity (Wildman–Crippen MR) is 72.7 cm³/mol. The second-order valence-electron chi connectivity index (χ2n) is 4.38. The maximum Gasteiger partial charge on any atom is 0.171 e. The smallest absolute Gasteiger partial charge is 0.171 e. The quantitative estimate of drug-likeness (QED) is 0.804. The Bertz CT molecular complexity index is 460. The summed E-state index contributed by atoms with van der Waals surface area (Å²) in [5.41, 5.74) is 1.37. The molecular weight excluding hydrogens is 230 g/mol. The Morgan fingerprint density at radius 2 is 2.18 bits per heavy atom. The van der Waals surface area contributed by atoms with Crippen LogP contribution in [0.3, 0.4) is 0 Å². The minimum Gasteiger partial charge on any atom is -0.360 e. The monoisotopic (exact) mass is 245 g/mol. The van der Waals surface area contributed by atoms with Gasteiger partial charge in [0, 0.05) is 6.04 Å². The molecular formula is C13H15N3S. The van der Waals surface area contributed by atoms with Gasteiger partial charge in [-0.1, -0.05) is 12.1 Å². The Balaban J connectivity index is 1.95. The summed E-state index contributed by atoms with van der Waals surface area (Å²) in [5.74, 6) is 0.751. The summed E-state index contributed by atoms with van der Waals surface area (Å²) in [7, 11) is 0. The van der Waals surface area contributed by atoms with Crippen molar-refractivity contribution in [1.82, 2.24) is 5.32 Å². The molecule has 0 aliphatic heterocycles. The second kappa shape index (κ2) is 5.15. The van der Waals surface area contributed by atoms with E-state index < -0.39 is 0 Å². The average molecular weight is 245 g/mol. The fourth-order valence-corrected chi connectivity index (χ4v) is 2.06. The van der Waals surface area contributed by atoms with Crippen LogP contribution in [-0.4, -0.2) is 11.2 Å². The number of para-hydroxylation sites is 1. The first-order valence-electron chi connectivity index (χ1n) is 5.77. The maximum atomic E-state index is 8.96. The van der Waals surface area contributed by atoms with Crippen molar-refractivity contribution in [3.8, 4) is 6.07 Å². The van der Waals surface area contributed by atoms with Crippen LogP contribution in [0.4, 0.5) is 5.69 Å². The lowest BCUT2D eigenvalue weighted by Gasteiger charge is -2.16. The average Bonchev–Trinajstić information content (AvgIpc) is 3.13. The Hall–Kier alpha value is -1.60. The van der Waals surface area contributed by atoms with Crippen LogP contribution < -0.4 is 10.6 Å². The van der Waals surface area contributed by atoms with Crippen LogP contribution in [0.1, 0.15) is 25.3 Å². The van der Waals surface area contributed by atoms with Crippen LogP contribution in [0.2, 0.25) is 0 Å². The lowest BCUT2D eigenvalue weighted by Crippen LogP contribution is -2.37. The molecule has 1 saturated carbocycles. The lowest BCUT2D eigenvalue weighted by atomic mass is 10.2. The van der Waals surface area contributed by atoms with Crippen LogP contribution >= 0.6 is 12.2 Å². The van der Waals surface area contributed by atoms with E-state index in [9.17, 15) is 0 Å². The van der Waals surface area contributed by atoms with Crippen molar-refractivity contribution < 1.29 is 0 Å². The normalized spacial score (nSPS) is 15.8. The van der Waals surface area contributed by atoms with E-state index in [2.05, 4.69) is 23.6 Å². The number of nitrogens with one attached hydrogen (secondary N) is 2.